The average molecular weight is 313 g/mol. The Morgan fingerprint density at radius 2 is 1.78 bits per heavy atom. The van der Waals surface area contributed by atoms with Crippen molar-refractivity contribution >= 4 is 16.9 Å². The highest BCUT2D eigenvalue weighted by Crippen LogP contribution is 2.26. The molecular weight excluding hydrogens is 294 g/mol. The van der Waals surface area contributed by atoms with Crippen LogP contribution in [0.2, 0.25) is 0 Å². The molecule has 0 unspecified atom stereocenters. The van der Waals surface area contributed by atoms with Crippen molar-refractivity contribution in [2.75, 3.05) is 26.3 Å². The van der Waals surface area contributed by atoms with Gasteiger partial charge in [-0.05, 0) is 25.0 Å². The Morgan fingerprint density at radius 1 is 1.09 bits per heavy atom. The molecule has 0 saturated carbocycles. The summed E-state index contributed by atoms with van der Waals surface area (Å²) in [6, 6.07) is 7.58. The summed E-state index contributed by atoms with van der Waals surface area (Å²) < 4.78 is 11.1. The third-order valence-electron chi connectivity index (χ3n) is 4.53. The molecule has 2 fully saturated rings. The number of aromatic nitrogens is 2. The zero-order valence-electron chi connectivity index (χ0n) is 12.9. The van der Waals surface area contributed by atoms with Crippen LogP contribution in [0.25, 0.3) is 11.0 Å². The highest BCUT2D eigenvalue weighted by molar-refractivity contribution is 5.93. The van der Waals surface area contributed by atoms with E-state index in [-0.39, 0.29) is 12.2 Å². The number of hydrogen-bond acceptors (Lipinski definition) is 5. The lowest BCUT2D eigenvalue weighted by molar-refractivity contribution is -0.0956. The molecule has 6 heteroatoms. The summed E-state index contributed by atoms with van der Waals surface area (Å²) in [5, 5.41) is 0. The fourth-order valence-corrected chi connectivity index (χ4v) is 3.25. The first-order chi connectivity index (χ1) is 11.3. The first-order valence-electron chi connectivity index (χ1n) is 8.05. The van der Waals surface area contributed by atoms with Crippen molar-refractivity contribution in [2.24, 2.45) is 5.92 Å². The van der Waals surface area contributed by atoms with E-state index in [0.29, 0.717) is 37.9 Å². The summed E-state index contributed by atoms with van der Waals surface area (Å²) in [5.74, 6) is 0.333. The van der Waals surface area contributed by atoms with Crippen LogP contribution in [0.15, 0.2) is 30.5 Å². The van der Waals surface area contributed by atoms with Crippen molar-refractivity contribution in [2.45, 2.75) is 19.1 Å². The number of hydrogen-bond donors (Lipinski definition) is 0. The van der Waals surface area contributed by atoms with E-state index in [0.717, 1.165) is 23.9 Å². The van der Waals surface area contributed by atoms with Crippen molar-refractivity contribution in [3.8, 4) is 0 Å². The quantitative estimate of drug-likeness (QED) is 0.846. The van der Waals surface area contributed by atoms with Crippen LogP contribution in [0.1, 0.15) is 23.3 Å². The molecule has 1 amide bonds. The van der Waals surface area contributed by atoms with E-state index >= 15 is 0 Å². The van der Waals surface area contributed by atoms with E-state index in [1.54, 1.807) is 6.20 Å². The fraction of sp³-hybridized carbons (Fsp3) is 0.471. The number of piperidine rings is 1. The standard InChI is InChI=1S/C17H19N3O3/c21-16(15-11-18-13-3-1-2-4-14(13)19-15)20-7-5-12(6-8-20)17-22-9-10-23-17/h1-4,11-12,17H,5-10H2. The monoisotopic (exact) mass is 313 g/mol. The topological polar surface area (TPSA) is 64.6 Å². The van der Waals surface area contributed by atoms with E-state index in [1.165, 1.54) is 0 Å². The van der Waals surface area contributed by atoms with Gasteiger partial charge in [0.25, 0.3) is 5.91 Å². The minimum Gasteiger partial charge on any atom is -0.350 e. The van der Waals surface area contributed by atoms with Gasteiger partial charge in [0.2, 0.25) is 0 Å². The number of ether oxygens (including phenoxy) is 2. The molecule has 0 spiro atoms. The highest BCUT2D eigenvalue weighted by atomic mass is 16.7. The Hall–Kier alpha value is -2.05. The molecule has 120 valence electrons. The van der Waals surface area contributed by atoms with Gasteiger partial charge in [-0.15, -0.1) is 0 Å². The number of para-hydroxylation sites is 2. The van der Waals surface area contributed by atoms with Gasteiger partial charge in [0.1, 0.15) is 5.69 Å². The van der Waals surface area contributed by atoms with Crippen LogP contribution in [-0.4, -0.2) is 53.4 Å². The maximum Gasteiger partial charge on any atom is 0.274 e. The summed E-state index contributed by atoms with van der Waals surface area (Å²) >= 11 is 0. The van der Waals surface area contributed by atoms with Gasteiger partial charge in [0.05, 0.1) is 30.4 Å². The second-order valence-electron chi connectivity index (χ2n) is 5.98. The number of rotatable bonds is 2. The van der Waals surface area contributed by atoms with E-state index in [9.17, 15) is 4.79 Å². The van der Waals surface area contributed by atoms with Crippen LogP contribution >= 0.6 is 0 Å². The Morgan fingerprint density at radius 3 is 2.52 bits per heavy atom. The molecule has 0 N–H and O–H groups in total. The summed E-state index contributed by atoms with van der Waals surface area (Å²) in [6.45, 7) is 2.77. The minimum atomic E-state index is -0.0901. The van der Waals surface area contributed by atoms with Crippen LogP contribution < -0.4 is 0 Å². The zero-order chi connectivity index (χ0) is 15.6. The molecule has 2 aliphatic rings. The van der Waals surface area contributed by atoms with Gasteiger partial charge in [-0.3, -0.25) is 9.78 Å². The molecule has 0 radical (unpaired) electrons. The number of fused-ring (bicyclic) bond motifs is 1. The van der Waals surface area contributed by atoms with Crippen LogP contribution in [0.5, 0.6) is 0 Å². The first-order valence-corrected chi connectivity index (χ1v) is 8.05. The van der Waals surface area contributed by atoms with Crippen molar-refractivity contribution in [3.63, 3.8) is 0 Å². The number of benzene rings is 1. The number of carbonyl (C=O) groups excluding carboxylic acids is 1. The molecule has 0 aliphatic carbocycles. The highest BCUT2D eigenvalue weighted by Gasteiger charge is 2.32. The molecule has 23 heavy (non-hydrogen) atoms. The van der Waals surface area contributed by atoms with Gasteiger partial charge >= 0.3 is 0 Å². The maximum absolute atomic E-state index is 12.6. The normalized spacial score (nSPS) is 20.3. The van der Waals surface area contributed by atoms with Crippen molar-refractivity contribution in [1.82, 2.24) is 14.9 Å². The second kappa shape index (κ2) is 6.22. The third kappa shape index (κ3) is 2.92. The van der Waals surface area contributed by atoms with E-state index in [1.807, 2.05) is 29.2 Å². The Bertz CT molecular complexity index is 707. The van der Waals surface area contributed by atoms with Crippen molar-refractivity contribution in [3.05, 3.63) is 36.2 Å². The molecule has 6 nitrogen and oxygen atoms in total. The number of amides is 1. The molecule has 2 aliphatic heterocycles. The third-order valence-corrected chi connectivity index (χ3v) is 4.53. The lowest BCUT2D eigenvalue weighted by Gasteiger charge is -2.33. The summed E-state index contributed by atoms with van der Waals surface area (Å²) in [5.41, 5.74) is 1.97. The summed E-state index contributed by atoms with van der Waals surface area (Å²) in [4.78, 5) is 23.3. The van der Waals surface area contributed by atoms with Crippen LogP contribution in [0, 0.1) is 5.92 Å². The largest absolute Gasteiger partial charge is 0.350 e. The SMILES string of the molecule is O=C(c1cnc2ccccc2n1)N1CCC(C2OCCO2)CC1. The van der Waals surface area contributed by atoms with Crippen molar-refractivity contribution in [1.29, 1.82) is 0 Å². The molecule has 1 aromatic carbocycles. The van der Waals surface area contributed by atoms with Crippen LogP contribution in [0.4, 0.5) is 0 Å². The summed E-state index contributed by atoms with van der Waals surface area (Å²) in [7, 11) is 0. The Balaban J connectivity index is 1.44. The molecule has 3 heterocycles. The smallest absolute Gasteiger partial charge is 0.274 e. The summed E-state index contributed by atoms with van der Waals surface area (Å²) in [6.07, 6.45) is 3.28. The second-order valence-corrected chi connectivity index (χ2v) is 5.98. The van der Waals surface area contributed by atoms with E-state index in [2.05, 4.69) is 9.97 Å². The van der Waals surface area contributed by atoms with Crippen LogP contribution in [0.3, 0.4) is 0 Å². The van der Waals surface area contributed by atoms with Gasteiger partial charge < -0.3 is 14.4 Å². The first kappa shape index (κ1) is 14.5. The fourth-order valence-electron chi connectivity index (χ4n) is 3.25. The predicted molar refractivity (Wildman–Crippen MR) is 83.9 cm³/mol. The number of carbonyl (C=O) groups is 1. The molecule has 1 aromatic heterocycles. The predicted octanol–water partition coefficient (Wildman–Crippen LogP) is 1.85. The van der Waals surface area contributed by atoms with E-state index < -0.39 is 0 Å². The van der Waals surface area contributed by atoms with E-state index in [4.69, 9.17) is 9.47 Å². The van der Waals surface area contributed by atoms with Gasteiger partial charge in [-0.1, -0.05) is 12.1 Å². The lowest BCUT2D eigenvalue weighted by Crippen LogP contribution is -2.41. The Labute approximate surface area is 134 Å². The van der Waals surface area contributed by atoms with Gasteiger partial charge in [0.15, 0.2) is 6.29 Å². The minimum absolute atomic E-state index is 0.0463. The Kier molecular flexibility index (Phi) is 3.93. The zero-order valence-corrected chi connectivity index (χ0v) is 12.9. The maximum atomic E-state index is 12.6. The molecule has 2 aromatic rings. The molecule has 0 atom stereocenters. The van der Waals surface area contributed by atoms with Crippen molar-refractivity contribution < 1.29 is 14.3 Å². The number of nitrogens with zero attached hydrogens (tertiary/aromatic N) is 3. The molecule has 4 rings (SSSR count). The lowest BCUT2D eigenvalue weighted by atomic mass is 9.96. The molecule has 0 bridgehead atoms. The van der Waals surface area contributed by atoms with Crippen LogP contribution in [-0.2, 0) is 9.47 Å². The molecule has 2 saturated heterocycles. The van der Waals surface area contributed by atoms with Gasteiger partial charge in [0, 0.05) is 19.0 Å². The average Bonchev–Trinajstić information content (AvgIpc) is 3.15. The van der Waals surface area contributed by atoms with Gasteiger partial charge in [-0.2, -0.15) is 0 Å². The molecular formula is C17H19N3O3. The van der Waals surface area contributed by atoms with Gasteiger partial charge in [-0.25, -0.2) is 4.98 Å². The number of likely N-dealkylation sites (tertiary alicyclic amines) is 1.